The van der Waals surface area contributed by atoms with Crippen LogP contribution < -0.4 is 19.6 Å². The van der Waals surface area contributed by atoms with E-state index in [1.54, 1.807) is 23.3 Å². The number of ether oxygens (including phenoxy) is 2. The van der Waals surface area contributed by atoms with Crippen LogP contribution in [0.25, 0.3) is 11.8 Å². The second kappa shape index (κ2) is 12.7. The van der Waals surface area contributed by atoms with Crippen molar-refractivity contribution in [3.63, 3.8) is 0 Å². The number of hydrogen-bond acceptors (Lipinski definition) is 7. The zero-order valence-electron chi connectivity index (χ0n) is 23.5. The van der Waals surface area contributed by atoms with E-state index in [1.165, 1.54) is 11.3 Å². The van der Waals surface area contributed by atoms with Crippen molar-refractivity contribution >= 4 is 40.8 Å². The number of aromatic nitrogens is 1. The zero-order valence-corrected chi connectivity index (χ0v) is 25.1. The van der Waals surface area contributed by atoms with Gasteiger partial charge in [-0.25, -0.2) is 9.79 Å². The molecule has 0 saturated carbocycles. The Morgan fingerprint density at radius 3 is 2.39 bits per heavy atom. The van der Waals surface area contributed by atoms with E-state index in [4.69, 9.17) is 14.5 Å². The molecule has 0 spiro atoms. The lowest BCUT2D eigenvalue weighted by Gasteiger charge is -2.26. The first-order valence-corrected chi connectivity index (χ1v) is 15.6. The molecule has 210 valence electrons. The van der Waals surface area contributed by atoms with Gasteiger partial charge in [0.25, 0.3) is 5.56 Å². The molecule has 3 aromatic carbocycles. The van der Waals surface area contributed by atoms with Crippen molar-refractivity contribution in [3.05, 3.63) is 121 Å². The molecule has 1 aliphatic heterocycles. The van der Waals surface area contributed by atoms with Gasteiger partial charge in [0.1, 0.15) is 5.75 Å². The summed E-state index contributed by atoms with van der Waals surface area (Å²) in [6.45, 7) is 6.84. The molecule has 8 heteroatoms. The summed E-state index contributed by atoms with van der Waals surface area (Å²) in [6, 6.07) is 24.5. The molecule has 0 amide bonds. The molecule has 2 heterocycles. The predicted octanol–water partition coefficient (Wildman–Crippen LogP) is 5.69. The SMILES string of the molecule is CCOC(=O)C1=C(c2ccccc2)N=c2s/c(=C/c3ccc(OCC(C)C)cc3)c(=O)n2[C@H]1c1ccc(SC)cc1. The molecule has 0 saturated heterocycles. The minimum atomic E-state index is -0.689. The lowest BCUT2D eigenvalue weighted by atomic mass is 9.93. The van der Waals surface area contributed by atoms with E-state index in [-0.39, 0.29) is 12.2 Å². The molecule has 6 nitrogen and oxygen atoms in total. The monoisotopic (exact) mass is 584 g/mol. The molecule has 1 aromatic heterocycles. The summed E-state index contributed by atoms with van der Waals surface area (Å²) >= 11 is 2.95. The maximum Gasteiger partial charge on any atom is 0.338 e. The molecule has 0 aliphatic carbocycles. The van der Waals surface area contributed by atoms with Crippen LogP contribution in [0.5, 0.6) is 5.75 Å². The largest absolute Gasteiger partial charge is 0.493 e. The van der Waals surface area contributed by atoms with Crippen molar-refractivity contribution in [2.24, 2.45) is 10.9 Å². The third-order valence-electron chi connectivity index (χ3n) is 6.57. The van der Waals surface area contributed by atoms with Crippen LogP contribution in [0.15, 0.2) is 99.1 Å². The van der Waals surface area contributed by atoms with Gasteiger partial charge in [-0.1, -0.05) is 79.8 Å². The highest BCUT2D eigenvalue weighted by Crippen LogP contribution is 2.35. The molecule has 5 rings (SSSR count). The zero-order chi connectivity index (χ0) is 28.9. The average molecular weight is 585 g/mol. The van der Waals surface area contributed by atoms with Crippen LogP contribution in [0.2, 0.25) is 0 Å². The van der Waals surface area contributed by atoms with Crippen molar-refractivity contribution in [2.75, 3.05) is 19.5 Å². The Morgan fingerprint density at radius 2 is 1.76 bits per heavy atom. The van der Waals surface area contributed by atoms with Crippen molar-refractivity contribution in [3.8, 4) is 5.75 Å². The first-order valence-electron chi connectivity index (χ1n) is 13.5. The van der Waals surface area contributed by atoms with Crippen LogP contribution >= 0.6 is 23.1 Å². The van der Waals surface area contributed by atoms with Crippen LogP contribution in [0.3, 0.4) is 0 Å². The van der Waals surface area contributed by atoms with E-state index in [0.717, 1.165) is 27.3 Å². The first-order chi connectivity index (χ1) is 19.9. The van der Waals surface area contributed by atoms with Crippen molar-refractivity contribution in [1.29, 1.82) is 0 Å². The van der Waals surface area contributed by atoms with E-state index >= 15 is 0 Å². The summed E-state index contributed by atoms with van der Waals surface area (Å²) in [7, 11) is 0. The molecule has 0 N–H and O–H groups in total. The van der Waals surface area contributed by atoms with Gasteiger partial charge < -0.3 is 9.47 Å². The van der Waals surface area contributed by atoms with E-state index < -0.39 is 12.0 Å². The number of nitrogens with zero attached hydrogens (tertiary/aromatic N) is 2. The Morgan fingerprint density at radius 1 is 1.05 bits per heavy atom. The van der Waals surface area contributed by atoms with Crippen molar-refractivity contribution < 1.29 is 14.3 Å². The molecule has 1 atom stereocenters. The molecule has 4 aromatic rings. The van der Waals surface area contributed by atoms with Crippen LogP contribution in [0.1, 0.15) is 43.5 Å². The van der Waals surface area contributed by atoms with E-state index in [2.05, 4.69) is 13.8 Å². The molecule has 1 aliphatic rings. The molecular weight excluding hydrogens is 553 g/mol. The van der Waals surface area contributed by atoms with Gasteiger partial charge in [-0.15, -0.1) is 11.8 Å². The molecule has 0 fully saturated rings. The Kier molecular flexibility index (Phi) is 8.90. The molecule has 0 unspecified atom stereocenters. The second-order valence-corrected chi connectivity index (χ2v) is 11.9. The number of esters is 1. The summed E-state index contributed by atoms with van der Waals surface area (Å²) in [5.74, 6) is 0.735. The van der Waals surface area contributed by atoms with Gasteiger partial charge in [0.15, 0.2) is 4.80 Å². The molecule has 0 bridgehead atoms. The molecule has 0 radical (unpaired) electrons. The smallest absolute Gasteiger partial charge is 0.338 e. The summed E-state index contributed by atoms with van der Waals surface area (Å²) in [5, 5.41) is 0. The maximum atomic E-state index is 14.0. The Bertz CT molecular complexity index is 1740. The molecular formula is C33H32N2O4S2. The summed E-state index contributed by atoms with van der Waals surface area (Å²) in [6.07, 6.45) is 3.87. The van der Waals surface area contributed by atoms with Gasteiger partial charge in [-0.05, 0) is 60.6 Å². The highest BCUT2D eigenvalue weighted by atomic mass is 32.2. The quantitative estimate of drug-likeness (QED) is 0.187. The topological polar surface area (TPSA) is 69.9 Å². The Hall–Kier alpha value is -3.88. The van der Waals surface area contributed by atoms with Crippen molar-refractivity contribution in [1.82, 2.24) is 4.57 Å². The summed E-state index contributed by atoms with van der Waals surface area (Å²) < 4.78 is 13.5. The van der Waals surface area contributed by atoms with Crippen LogP contribution in [-0.2, 0) is 9.53 Å². The number of rotatable bonds is 9. The number of carbonyl (C=O) groups is 1. The highest BCUT2D eigenvalue weighted by molar-refractivity contribution is 7.98. The summed E-state index contributed by atoms with van der Waals surface area (Å²) in [5.41, 5.74) is 3.13. The fourth-order valence-corrected chi connectivity index (χ4v) is 6.03. The fraction of sp³-hybridized carbons (Fsp3) is 0.242. The standard InChI is InChI=1S/C33H32N2O4S2/c1-5-38-32(37)28-29(23-9-7-6-8-10-23)34-33-35(30(28)24-13-17-26(40-4)18-14-24)31(36)27(41-33)19-22-11-15-25(16-12-22)39-20-21(2)3/h6-19,21,30H,5,20H2,1-4H3/b27-19+/t30-/m0/s1. The fourth-order valence-electron chi connectivity index (χ4n) is 4.62. The van der Waals surface area contributed by atoms with E-state index in [0.29, 0.717) is 33.1 Å². The lowest BCUT2D eigenvalue weighted by Crippen LogP contribution is -2.40. The van der Waals surface area contributed by atoms with E-state index in [9.17, 15) is 9.59 Å². The van der Waals surface area contributed by atoms with Gasteiger partial charge in [-0.2, -0.15) is 0 Å². The van der Waals surface area contributed by atoms with Gasteiger partial charge in [0.2, 0.25) is 0 Å². The van der Waals surface area contributed by atoms with E-state index in [1.807, 2.05) is 91.2 Å². The number of thioether (sulfide) groups is 1. The number of thiazole rings is 1. The van der Waals surface area contributed by atoms with Crippen LogP contribution in [-0.4, -0.2) is 30.0 Å². The third kappa shape index (κ3) is 6.24. The first kappa shape index (κ1) is 28.6. The van der Waals surface area contributed by atoms with Gasteiger partial charge in [0.05, 0.1) is 35.1 Å². The summed E-state index contributed by atoms with van der Waals surface area (Å²) in [4.78, 5) is 34.1. The normalized spacial score (nSPS) is 15.0. The Labute approximate surface area is 247 Å². The van der Waals surface area contributed by atoms with Gasteiger partial charge in [0, 0.05) is 10.5 Å². The maximum absolute atomic E-state index is 14.0. The number of hydrogen-bond donors (Lipinski definition) is 0. The van der Waals surface area contributed by atoms with Crippen molar-refractivity contribution in [2.45, 2.75) is 31.7 Å². The minimum absolute atomic E-state index is 0.207. The Balaban J connectivity index is 1.70. The number of fused-ring (bicyclic) bond motifs is 1. The highest BCUT2D eigenvalue weighted by Gasteiger charge is 2.35. The minimum Gasteiger partial charge on any atom is -0.493 e. The van der Waals surface area contributed by atoms with Crippen LogP contribution in [0.4, 0.5) is 0 Å². The van der Waals surface area contributed by atoms with Gasteiger partial charge >= 0.3 is 5.97 Å². The lowest BCUT2D eigenvalue weighted by molar-refractivity contribution is -0.138. The average Bonchev–Trinajstić information content (AvgIpc) is 3.30. The number of carbonyl (C=O) groups excluding carboxylic acids is 1. The number of benzene rings is 3. The predicted molar refractivity (Wildman–Crippen MR) is 166 cm³/mol. The second-order valence-electron chi connectivity index (χ2n) is 9.98. The molecule has 41 heavy (non-hydrogen) atoms. The van der Waals surface area contributed by atoms with Gasteiger partial charge in [-0.3, -0.25) is 9.36 Å². The van der Waals surface area contributed by atoms with Crippen LogP contribution in [0, 0.1) is 5.92 Å². The third-order valence-corrected chi connectivity index (χ3v) is 8.29.